The van der Waals surface area contributed by atoms with E-state index in [0.29, 0.717) is 18.8 Å². The first-order valence-corrected chi connectivity index (χ1v) is 8.47. The average Bonchev–Trinajstić information content (AvgIpc) is 2.97. The first-order valence-electron chi connectivity index (χ1n) is 7.59. The molecular formula is C17H20N2O2S. The first kappa shape index (κ1) is 15.2. The number of thiazole rings is 1. The van der Waals surface area contributed by atoms with E-state index in [1.54, 1.807) is 4.90 Å². The van der Waals surface area contributed by atoms with Crippen LogP contribution < -0.4 is 0 Å². The summed E-state index contributed by atoms with van der Waals surface area (Å²) in [4.78, 5) is 18.6. The van der Waals surface area contributed by atoms with Gasteiger partial charge in [-0.1, -0.05) is 29.8 Å². The molecule has 1 aromatic heterocycles. The molecule has 1 aliphatic heterocycles. The topological polar surface area (TPSA) is 53.4 Å². The average molecular weight is 316 g/mol. The minimum absolute atomic E-state index is 0.0647. The zero-order chi connectivity index (χ0) is 15.5. The number of aryl methyl sites for hydroxylation is 1. The summed E-state index contributed by atoms with van der Waals surface area (Å²) in [7, 11) is 0. The smallest absolute Gasteiger partial charge is 0.273 e. The first-order chi connectivity index (χ1) is 10.6. The van der Waals surface area contributed by atoms with Gasteiger partial charge in [0.1, 0.15) is 5.69 Å². The highest BCUT2D eigenvalue weighted by atomic mass is 32.1. The van der Waals surface area contributed by atoms with Crippen LogP contribution in [-0.2, 0) is 6.42 Å². The van der Waals surface area contributed by atoms with E-state index in [-0.39, 0.29) is 5.91 Å². The van der Waals surface area contributed by atoms with Crippen molar-refractivity contribution in [2.45, 2.75) is 32.3 Å². The van der Waals surface area contributed by atoms with Gasteiger partial charge in [-0.05, 0) is 25.3 Å². The van der Waals surface area contributed by atoms with Gasteiger partial charge in [0.25, 0.3) is 5.91 Å². The molecule has 1 amide bonds. The molecule has 2 heterocycles. The third-order valence-corrected chi connectivity index (χ3v) is 4.78. The van der Waals surface area contributed by atoms with Crippen LogP contribution in [0.4, 0.5) is 0 Å². The van der Waals surface area contributed by atoms with Crippen LogP contribution in [0.2, 0.25) is 0 Å². The van der Waals surface area contributed by atoms with Crippen LogP contribution in [0.15, 0.2) is 29.6 Å². The third kappa shape index (κ3) is 3.54. The lowest BCUT2D eigenvalue weighted by Crippen LogP contribution is -2.42. The molecule has 1 atom stereocenters. The highest BCUT2D eigenvalue weighted by Crippen LogP contribution is 2.18. The molecule has 0 aliphatic carbocycles. The number of hydrogen-bond donors (Lipinski definition) is 1. The lowest BCUT2D eigenvalue weighted by Gasteiger charge is -2.29. The molecule has 1 aliphatic rings. The number of hydrogen-bond acceptors (Lipinski definition) is 4. The van der Waals surface area contributed by atoms with Gasteiger partial charge in [-0.3, -0.25) is 4.79 Å². The number of rotatable bonds is 3. The minimum atomic E-state index is -0.400. The number of carbonyl (C=O) groups is 1. The Morgan fingerprint density at radius 2 is 2.18 bits per heavy atom. The molecule has 1 aromatic carbocycles. The summed E-state index contributed by atoms with van der Waals surface area (Å²) in [5.41, 5.74) is 2.94. The largest absolute Gasteiger partial charge is 0.391 e. The number of benzene rings is 1. The predicted octanol–water partition coefficient (Wildman–Crippen LogP) is 2.64. The number of carbonyl (C=O) groups excluding carboxylic acids is 1. The molecule has 2 aromatic rings. The Labute approximate surface area is 134 Å². The van der Waals surface area contributed by atoms with Crippen LogP contribution >= 0.6 is 11.3 Å². The standard InChI is InChI=1S/C17H20N2O2S/c1-12-4-6-13(7-5-12)9-16-18-15(11-22-16)17(21)19-8-2-3-14(20)10-19/h4-7,11,14,20H,2-3,8-10H2,1H3. The maximum Gasteiger partial charge on any atom is 0.273 e. The van der Waals surface area contributed by atoms with Gasteiger partial charge in [0.05, 0.1) is 11.1 Å². The van der Waals surface area contributed by atoms with Crippen molar-refractivity contribution in [1.82, 2.24) is 9.88 Å². The van der Waals surface area contributed by atoms with Crippen molar-refractivity contribution in [3.8, 4) is 0 Å². The Kier molecular flexibility index (Phi) is 4.55. The number of nitrogens with zero attached hydrogens (tertiary/aromatic N) is 2. The lowest BCUT2D eigenvalue weighted by atomic mass is 10.1. The van der Waals surface area contributed by atoms with E-state index in [1.807, 2.05) is 5.38 Å². The Morgan fingerprint density at radius 1 is 1.41 bits per heavy atom. The zero-order valence-electron chi connectivity index (χ0n) is 12.7. The molecular weight excluding hydrogens is 296 g/mol. The van der Waals surface area contributed by atoms with Crippen molar-refractivity contribution in [3.63, 3.8) is 0 Å². The van der Waals surface area contributed by atoms with Crippen LogP contribution in [0.1, 0.15) is 39.5 Å². The van der Waals surface area contributed by atoms with Crippen LogP contribution in [-0.4, -0.2) is 40.1 Å². The normalized spacial score (nSPS) is 18.5. The van der Waals surface area contributed by atoms with Gasteiger partial charge in [-0.15, -0.1) is 11.3 Å². The van der Waals surface area contributed by atoms with Gasteiger partial charge >= 0.3 is 0 Å². The van der Waals surface area contributed by atoms with Gasteiger partial charge in [0, 0.05) is 24.9 Å². The number of amides is 1. The van der Waals surface area contributed by atoms with Gasteiger partial charge in [-0.25, -0.2) is 4.98 Å². The molecule has 1 saturated heterocycles. The van der Waals surface area contributed by atoms with E-state index < -0.39 is 6.10 Å². The number of aliphatic hydroxyl groups excluding tert-OH is 1. The number of likely N-dealkylation sites (tertiary alicyclic amines) is 1. The van der Waals surface area contributed by atoms with E-state index >= 15 is 0 Å². The van der Waals surface area contributed by atoms with Gasteiger partial charge in [0.2, 0.25) is 0 Å². The second kappa shape index (κ2) is 6.58. The van der Waals surface area contributed by atoms with Crippen molar-refractivity contribution < 1.29 is 9.90 Å². The summed E-state index contributed by atoms with van der Waals surface area (Å²) in [6, 6.07) is 8.37. The molecule has 0 saturated carbocycles. The second-order valence-electron chi connectivity index (χ2n) is 5.84. The van der Waals surface area contributed by atoms with Crippen molar-refractivity contribution in [2.75, 3.05) is 13.1 Å². The minimum Gasteiger partial charge on any atom is -0.391 e. The number of β-amino-alcohol motifs (C(OH)–C–C–N with tert-alkyl or cyclic N) is 1. The SMILES string of the molecule is Cc1ccc(Cc2nc(C(=O)N3CCCC(O)C3)cs2)cc1. The Hall–Kier alpha value is -1.72. The number of piperidine rings is 1. The van der Waals surface area contributed by atoms with Crippen LogP contribution in [0.25, 0.3) is 0 Å². The molecule has 0 bridgehead atoms. The maximum atomic E-state index is 12.4. The summed E-state index contributed by atoms with van der Waals surface area (Å²) in [5, 5.41) is 12.5. The fourth-order valence-corrected chi connectivity index (χ4v) is 3.47. The summed E-state index contributed by atoms with van der Waals surface area (Å²) in [6.07, 6.45) is 1.98. The molecule has 4 nitrogen and oxygen atoms in total. The highest BCUT2D eigenvalue weighted by molar-refractivity contribution is 7.09. The van der Waals surface area contributed by atoms with Crippen LogP contribution in [0.3, 0.4) is 0 Å². The fourth-order valence-electron chi connectivity index (χ4n) is 2.67. The van der Waals surface area contributed by atoms with E-state index in [0.717, 1.165) is 24.3 Å². The van der Waals surface area contributed by atoms with Gasteiger partial charge in [-0.2, -0.15) is 0 Å². The van der Waals surface area contributed by atoms with Crippen molar-refractivity contribution >= 4 is 17.2 Å². The third-order valence-electron chi connectivity index (χ3n) is 3.93. The summed E-state index contributed by atoms with van der Waals surface area (Å²) in [6.45, 7) is 3.20. The molecule has 22 heavy (non-hydrogen) atoms. The van der Waals surface area contributed by atoms with Crippen molar-refractivity contribution in [2.24, 2.45) is 0 Å². The lowest BCUT2D eigenvalue weighted by molar-refractivity contribution is 0.0469. The molecule has 0 radical (unpaired) electrons. The summed E-state index contributed by atoms with van der Waals surface area (Å²) in [5.74, 6) is -0.0647. The monoisotopic (exact) mass is 316 g/mol. The van der Waals surface area contributed by atoms with E-state index in [2.05, 4.69) is 36.2 Å². The maximum absolute atomic E-state index is 12.4. The number of aromatic nitrogens is 1. The van der Waals surface area contributed by atoms with Crippen LogP contribution in [0.5, 0.6) is 0 Å². The Morgan fingerprint density at radius 3 is 2.91 bits per heavy atom. The van der Waals surface area contributed by atoms with E-state index in [4.69, 9.17) is 0 Å². The summed E-state index contributed by atoms with van der Waals surface area (Å²) < 4.78 is 0. The van der Waals surface area contributed by atoms with E-state index in [9.17, 15) is 9.90 Å². The molecule has 3 rings (SSSR count). The predicted molar refractivity (Wildman–Crippen MR) is 87.2 cm³/mol. The Bertz CT molecular complexity index is 651. The molecule has 0 spiro atoms. The van der Waals surface area contributed by atoms with Crippen molar-refractivity contribution in [1.29, 1.82) is 0 Å². The molecule has 1 unspecified atom stereocenters. The second-order valence-corrected chi connectivity index (χ2v) is 6.78. The molecule has 1 N–H and O–H groups in total. The molecule has 116 valence electrons. The zero-order valence-corrected chi connectivity index (χ0v) is 13.5. The van der Waals surface area contributed by atoms with Gasteiger partial charge in [0.15, 0.2) is 0 Å². The fraction of sp³-hybridized carbons (Fsp3) is 0.412. The molecule has 1 fully saturated rings. The van der Waals surface area contributed by atoms with Crippen LogP contribution in [0, 0.1) is 6.92 Å². The van der Waals surface area contributed by atoms with Gasteiger partial charge < -0.3 is 10.0 Å². The quantitative estimate of drug-likeness (QED) is 0.947. The Balaban J connectivity index is 1.67. The molecule has 5 heteroatoms. The summed E-state index contributed by atoms with van der Waals surface area (Å²) >= 11 is 1.52. The van der Waals surface area contributed by atoms with Crippen molar-refractivity contribution in [3.05, 3.63) is 51.5 Å². The van der Waals surface area contributed by atoms with E-state index in [1.165, 1.54) is 22.5 Å². The number of aliphatic hydroxyl groups is 1. The highest BCUT2D eigenvalue weighted by Gasteiger charge is 2.24.